The summed E-state index contributed by atoms with van der Waals surface area (Å²) in [4.78, 5) is 30.6. The van der Waals surface area contributed by atoms with Gasteiger partial charge in [0.1, 0.15) is 6.61 Å². The fourth-order valence-electron chi connectivity index (χ4n) is 3.48. The summed E-state index contributed by atoms with van der Waals surface area (Å²) >= 11 is 16.9. The van der Waals surface area contributed by atoms with Gasteiger partial charge in [-0.1, -0.05) is 35.3 Å². The normalized spacial score (nSPS) is 15.4. The van der Waals surface area contributed by atoms with Crippen LogP contribution in [0.1, 0.15) is 28.4 Å². The summed E-state index contributed by atoms with van der Waals surface area (Å²) in [7, 11) is 1.62. The maximum Gasteiger partial charge on any atom is 0.335 e. The molecule has 0 atom stereocenters. The first kappa shape index (κ1) is 28.0. The first-order valence-corrected chi connectivity index (χ1v) is 13.7. The molecule has 1 N–H and O–H groups in total. The van der Waals surface area contributed by atoms with Crippen LogP contribution in [0.5, 0.6) is 11.5 Å². The molecule has 0 unspecified atom stereocenters. The Morgan fingerprint density at radius 3 is 2.63 bits per heavy atom. The van der Waals surface area contributed by atoms with E-state index in [0.717, 1.165) is 11.1 Å². The number of likely N-dealkylation sites (N-methyl/N-ethyl adjacent to an activating group) is 1. The van der Waals surface area contributed by atoms with E-state index in [2.05, 4.69) is 20.9 Å². The first-order chi connectivity index (χ1) is 18.2. The van der Waals surface area contributed by atoms with Gasteiger partial charge < -0.3 is 14.6 Å². The van der Waals surface area contributed by atoms with Crippen LogP contribution in [0.15, 0.2) is 69.0 Å². The van der Waals surface area contributed by atoms with Gasteiger partial charge >= 0.3 is 5.97 Å². The van der Waals surface area contributed by atoms with E-state index in [1.165, 1.54) is 28.8 Å². The highest BCUT2D eigenvalue weighted by atomic mass is 79.9. The Labute approximate surface area is 242 Å². The predicted octanol–water partition coefficient (Wildman–Crippen LogP) is 7.67. The van der Waals surface area contributed by atoms with Crippen LogP contribution in [0.2, 0.25) is 10.0 Å². The fourth-order valence-corrected chi connectivity index (χ4v) is 5.36. The second-order valence-corrected chi connectivity index (χ2v) is 10.7. The lowest BCUT2D eigenvalue weighted by Gasteiger charge is -2.15. The molecule has 0 spiro atoms. The number of halogens is 3. The zero-order valence-corrected chi connectivity index (χ0v) is 24.1. The van der Waals surface area contributed by atoms with Crippen molar-refractivity contribution in [3.05, 3.63) is 90.7 Å². The molecule has 38 heavy (non-hydrogen) atoms. The summed E-state index contributed by atoms with van der Waals surface area (Å²) in [6.45, 7) is 2.53. The molecule has 4 rings (SSSR count). The summed E-state index contributed by atoms with van der Waals surface area (Å²) in [5.41, 5.74) is 2.13. The van der Waals surface area contributed by atoms with Gasteiger partial charge in [0.2, 0.25) is 0 Å². The number of benzene rings is 3. The monoisotopic (exact) mass is 634 g/mol. The van der Waals surface area contributed by atoms with Gasteiger partial charge in [-0.2, -0.15) is 0 Å². The van der Waals surface area contributed by atoms with Crippen LogP contribution in [-0.2, 0) is 11.4 Å². The van der Waals surface area contributed by atoms with Gasteiger partial charge in [0.15, 0.2) is 16.7 Å². The van der Waals surface area contributed by atoms with Crippen molar-refractivity contribution in [1.82, 2.24) is 4.90 Å². The molecule has 1 heterocycles. The number of carboxylic acid groups (broad SMARTS) is 1. The minimum atomic E-state index is -1.05. The zero-order chi connectivity index (χ0) is 27.4. The number of amidine groups is 1. The Kier molecular flexibility index (Phi) is 9.04. The van der Waals surface area contributed by atoms with Crippen molar-refractivity contribution >= 4 is 79.7 Å². The number of hydrogen-bond acceptors (Lipinski definition) is 6. The van der Waals surface area contributed by atoms with Crippen molar-refractivity contribution in [2.45, 2.75) is 13.5 Å². The lowest BCUT2D eigenvalue weighted by atomic mass is 10.1. The first-order valence-electron chi connectivity index (χ1n) is 11.3. The summed E-state index contributed by atoms with van der Waals surface area (Å²) in [6, 6.07) is 15.2. The zero-order valence-electron chi connectivity index (χ0n) is 20.2. The van der Waals surface area contributed by atoms with Crippen molar-refractivity contribution in [3.8, 4) is 11.5 Å². The van der Waals surface area contributed by atoms with E-state index in [1.807, 2.05) is 19.1 Å². The van der Waals surface area contributed by atoms with E-state index < -0.39 is 5.97 Å². The Balaban J connectivity index is 1.59. The van der Waals surface area contributed by atoms with E-state index in [1.54, 1.807) is 43.5 Å². The van der Waals surface area contributed by atoms with Crippen LogP contribution < -0.4 is 9.47 Å². The Bertz CT molecular complexity index is 1480. The van der Waals surface area contributed by atoms with Gasteiger partial charge in [-0.25, -0.2) is 9.79 Å². The molecule has 3 aromatic rings. The average molecular weight is 636 g/mol. The SMILES string of the molecule is CCOc1cc(/C=C2\SC(=Nc3cccc(C(=O)O)c3)N(C)C2=O)cc(Br)c1OCc1ccc(Cl)c(Cl)c1. The lowest BCUT2D eigenvalue weighted by molar-refractivity contribution is -0.121. The minimum Gasteiger partial charge on any atom is -0.490 e. The number of carbonyl (C=O) groups excluding carboxylic acids is 1. The summed E-state index contributed by atoms with van der Waals surface area (Å²) in [5.74, 6) is -0.242. The molecule has 1 saturated heterocycles. The van der Waals surface area contributed by atoms with Crippen LogP contribution in [0.3, 0.4) is 0 Å². The highest BCUT2D eigenvalue weighted by Crippen LogP contribution is 2.40. The number of aromatic carboxylic acids is 1. The largest absolute Gasteiger partial charge is 0.490 e. The summed E-state index contributed by atoms with van der Waals surface area (Å²) in [5, 5.41) is 10.6. The van der Waals surface area contributed by atoms with Crippen LogP contribution in [0.25, 0.3) is 6.08 Å². The van der Waals surface area contributed by atoms with Crippen LogP contribution in [-0.4, -0.2) is 40.7 Å². The second-order valence-electron chi connectivity index (χ2n) is 8.02. The van der Waals surface area contributed by atoms with E-state index in [0.29, 0.717) is 48.4 Å². The molecule has 1 aliphatic rings. The average Bonchev–Trinajstić information content (AvgIpc) is 3.13. The third-order valence-corrected chi connectivity index (χ3v) is 7.71. The minimum absolute atomic E-state index is 0.120. The van der Waals surface area contributed by atoms with E-state index in [4.69, 9.17) is 32.7 Å². The topological polar surface area (TPSA) is 88.4 Å². The van der Waals surface area contributed by atoms with Crippen LogP contribution >= 0.6 is 50.9 Å². The molecule has 1 aliphatic heterocycles. The van der Waals surface area contributed by atoms with Crippen molar-refractivity contribution < 1.29 is 24.2 Å². The Morgan fingerprint density at radius 2 is 1.92 bits per heavy atom. The molecule has 196 valence electrons. The quantitative estimate of drug-likeness (QED) is 0.256. The van der Waals surface area contributed by atoms with Gasteiger partial charge in [0, 0.05) is 7.05 Å². The number of ether oxygens (including phenoxy) is 2. The van der Waals surface area contributed by atoms with Crippen LogP contribution in [0.4, 0.5) is 5.69 Å². The second kappa shape index (κ2) is 12.3. The predicted molar refractivity (Wildman–Crippen MR) is 155 cm³/mol. The maximum atomic E-state index is 12.9. The molecular weight excluding hydrogens is 615 g/mol. The Morgan fingerprint density at radius 1 is 1.13 bits per heavy atom. The number of carbonyl (C=O) groups is 2. The molecule has 11 heteroatoms. The molecule has 1 fully saturated rings. The van der Waals surface area contributed by atoms with Crippen molar-refractivity contribution in [1.29, 1.82) is 0 Å². The highest BCUT2D eigenvalue weighted by Gasteiger charge is 2.30. The Hall–Kier alpha value is -2.98. The molecule has 0 aromatic heterocycles. The lowest BCUT2D eigenvalue weighted by Crippen LogP contribution is -2.23. The van der Waals surface area contributed by atoms with Gasteiger partial charge in [0.25, 0.3) is 5.91 Å². The van der Waals surface area contributed by atoms with Gasteiger partial charge in [-0.05, 0) is 94.3 Å². The molecule has 0 aliphatic carbocycles. The number of thioether (sulfide) groups is 1. The highest BCUT2D eigenvalue weighted by molar-refractivity contribution is 9.10. The molecule has 1 amide bonds. The van der Waals surface area contributed by atoms with Crippen molar-refractivity contribution in [2.24, 2.45) is 4.99 Å². The maximum absolute atomic E-state index is 12.9. The molecule has 0 bridgehead atoms. The molecule has 0 radical (unpaired) electrons. The van der Waals surface area contributed by atoms with Crippen molar-refractivity contribution in [3.63, 3.8) is 0 Å². The molecular formula is C27H21BrCl2N2O5S. The number of amides is 1. The van der Waals surface area contributed by atoms with Gasteiger partial charge in [-0.15, -0.1) is 0 Å². The molecule has 0 saturated carbocycles. The third-order valence-electron chi connectivity index (χ3n) is 5.32. The number of carboxylic acids is 1. The van der Waals surface area contributed by atoms with Gasteiger partial charge in [-0.3, -0.25) is 9.69 Å². The standard InChI is InChI=1S/C27H21BrCl2N2O5S/c1-3-36-22-11-16(9-19(28)24(22)37-14-15-7-8-20(29)21(30)10-15)12-23-25(33)32(2)27(38-23)31-18-6-4-5-17(13-18)26(34)35/h4-13H,3,14H2,1-2H3,(H,34,35)/b23-12-,31-27?. The van der Waals surface area contributed by atoms with Gasteiger partial charge in [0.05, 0.1) is 37.3 Å². The number of hydrogen-bond donors (Lipinski definition) is 1. The summed E-state index contributed by atoms with van der Waals surface area (Å²) in [6.07, 6.45) is 1.75. The van der Waals surface area contributed by atoms with E-state index >= 15 is 0 Å². The third kappa shape index (κ3) is 6.53. The summed E-state index contributed by atoms with van der Waals surface area (Å²) < 4.78 is 12.5. The van der Waals surface area contributed by atoms with Crippen LogP contribution in [0, 0.1) is 0 Å². The van der Waals surface area contributed by atoms with Crippen molar-refractivity contribution in [2.75, 3.05) is 13.7 Å². The van der Waals surface area contributed by atoms with E-state index in [9.17, 15) is 14.7 Å². The van der Waals surface area contributed by atoms with E-state index in [-0.39, 0.29) is 18.1 Å². The fraction of sp³-hybridized carbons (Fsp3) is 0.148. The molecule has 7 nitrogen and oxygen atoms in total. The number of nitrogens with zero attached hydrogens (tertiary/aromatic N) is 2. The number of rotatable bonds is 8. The molecule has 3 aromatic carbocycles. The smallest absolute Gasteiger partial charge is 0.335 e. The number of aliphatic imine (C=N–C) groups is 1.